The second-order valence-electron chi connectivity index (χ2n) is 4.88. The summed E-state index contributed by atoms with van der Waals surface area (Å²) in [6, 6.07) is 4.90. The summed E-state index contributed by atoms with van der Waals surface area (Å²) in [5.41, 5.74) is 3.75. The normalized spacial score (nSPS) is 12.7. The summed E-state index contributed by atoms with van der Waals surface area (Å²) in [7, 11) is 0. The van der Waals surface area contributed by atoms with E-state index in [-0.39, 0.29) is 11.9 Å². The van der Waals surface area contributed by atoms with Crippen LogP contribution in [0.4, 0.5) is 4.39 Å². The van der Waals surface area contributed by atoms with Gasteiger partial charge in [-0.2, -0.15) is 5.10 Å². The summed E-state index contributed by atoms with van der Waals surface area (Å²) < 4.78 is 16.4. The fourth-order valence-electron chi connectivity index (χ4n) is 2.34. The molecule has 0 spiro atoms. The molecule has 0 bridgehead atoms. The minimum atomic E-state index is -0.228. The van der Waals surface area contributed by atoms with Crippen molar-refractivity contribution in [1.82, 2.24) is 15.1 Å². The van der Waals surface area contributed by atoms with E-state index in [4.69, 9.17) is 0 Å². The molecule has 0 aliphatic carbocycles. The Hall–Kier alpha value is -1.20. The second kappa shape index (κ2) is 6.06. The minimum absolute atomic E-state index is 0.0633. The average molecular weight is 340 g/mol. The van der Waals surface area contributed by atoms with Crippen LogP contribution >= 0.6 is 15.9 Å². The van der Waals surface area contributed by atoms with Crippen LogP contribution in [0.15, 0.2) is 22.7 Å². The van der Waals surface area contributed by atoms with Crippen molar-refractivity contribution in [2.45, 2.75) is 33.7 Å². The second-order valence-corrected chi connectivity index (χ2v) is 5.67. The molecule has 1 aromatic heterocycles. The largest absolute Gasteiger partial charge is 0.310 e. The molecule has 108 valence electrons. The molecule has 0 fully saturated rings. The molecule has 0 aliphatic heterocycles. The molecule has 1 N–H and O–H groups in total. The topological polar surface area (TPSA) is 29.9 Å². The molecule has 3 nitrogen and oxygen atoms in total. The van der Waals surface area contributed by atoms with Crippen LogP contribution in [0.5, 0.6) is 0 Å². The van der Waals surface area contributed by atoms with Crippen molar-refractivity contribution in [1.29, 1.82) is 0 Å². The van der Waals surface area contributed by atoms with E-state index in [1.165, 1.54) is 6.07 Å². The zero-order valence-corrected chi connectivity index (χ0v) is 13.8. The number of hydrogen-bond acceptors (Lipinski definition) is 2. The third-order valence-electron chi connectivity index (χ3n) is 3.40. The molecule has 1 heterocycles. The smallest absolute Gasteiger partial charge is 0.123 e. The number of rotatable bonds is 4. The van der Waals surface area contributed by atoms with E-state index in [1.54, 1.807) is 12.1 Å². The molecule has 0 saturated heterocycles. The van der Waals surface area contributed by atoms with Crippen LogP contribution in [0.2, 0.25) is 0 Å². The lowest BCUT2D eigenvalue weighted by atomic mass is 10.1. The highest BCUT2D eigenvalue weighted by atomic mass is 79.9. The predicted octanol–water partition coefficient (Wildman–Crippen LogP) is 4.06. The van der Waals surface area contributed by atoms with E-state index in [0.29, 0.717) is 0 Å². The maximum absolute atomic E-state index is 13.6. The van der Waals surface area contributed by atoms with Crippen LogP contribution in [0.3, 0.4) is 0 Å². The van der Waals surface area contributed by atoms with Crippen molar-refractivity contribution in [2.75, 3.05) is 6.54 Å². The van der Waals surface area contributed by atoms with E-state index in [2.05, 4.69) is 26.3 Å². The lowest BCUT2D eigenvalue weighted by Gasteiger charge is -2.18. The Kier molecular flexibility index (Phi) is 4.60. The van der Waals surface area contributed by atoms with Crippen molar-refractivity contribution < 1.29 is 4.39 Å². The minimum Gasteiger partial charge on any atom is -0.310 e. The Bertz CT molecular complexity index is 622. The number of hydrogen-bond donors (Lipinski definition) is 1. The van der Waals surface area contributed by atoms with Crippen LogP contribution in [0.25, 0.3) is 5.69 Å². The van der Waals surface area contributed by atoms with E-state index in [0.717, 1.165) is 33.7 Å². The van der Waals surface area contributed by atoms with Gasteiger partial charge >= 0.3 is 0 Å². The van der Waals surface area contributed by atoms with Crippen LogP contribution in [0.1, 0.15) is 36.8 Å². The monoisotopic (exact) mass is 339 g/mol. The maximum atomic E-state index is 13.6. The van der Waals surface area contributed by atoms with E-state index >= 15 is 0 Å². The lowest BCUT2D eigenvalue weighted by Crippen LogP contribution is -2.20. The van der Waals surface area contributed by atoms with E-state index < -0.39 is 0 Å². The molecule has 20 heavy (non-hydrogen) atoms. The van der Waals surface area contributed by atoms with Crippen LogP contribution in [-0.4, -0.2) is 16.3 Å². The number of aryl methyl sites for hydroxylation is 1. The van der Waals surface area contributed by atoms with Gasteiger partial charge in [0, 0.05) is 6.04 Å². The first-order chi connectivity index (χ1) is 9.45. The van der Waals surface area contributed by atoms with Crippen molar-refractivity contribution >= 4 is 15.9 Å². The van der Waals surface area contributed by atoms with Gasteiger partial charge in [-0.15, -0.1) is 0 Å². The van der Waals surface area contributed by atoms with Crippen LogP contribution < -0.4 is 5.32 Å². The summed E-state index contributed by atoms with van der Waals surface area (Å²) in [5, 5.41) is 7.85. The van der Waals surface area contributed by atoms with Gasteiger partial charge in [-0.25, -0.2) is 9.07 Å². The van der Waals surface area contributed by atoms with Gasteiger partial charge in [0.1, 0.15) is 5.82 Å². The summed E-state index contributed by atoms with van der Waals surface area (Å²) in [4.78, 5) is 0. The van der Waals surface area contributed by atoms with Gasteiger partial charge in [-0.1, -0.05) is 6.92 Å². The summed E-state index contributed by atoms with van der Waals surface area (Å²) in [5.74, 6) is -0.228. The quantitative estimate of drug-likeness (QED) is 0.910. The molecule has 0 radical (unpaired) electrons. The zero-order chi connectivity index (χ0) is 14.9. The highest BCUT2D eigenvalue weighted by molar-refractivity contribution is 9.10. The molecular formula is C15H19BrFN3. The summed E-state index contributed by atoms with van der Waals surface area (Å²) in [6.07, 6.45) is 0. The number of benzene rings is 1. The molecule has 1 atom stereocenters. The first kappa shape index (κ1) is 15.2. The number of nitrogens with zero attached hydrogens (tertiary/aromatic N) is 2. The van der Waals surface area contributed by atoms with Gasteiger partial charge in [0.15, 0.2) is 0 Å². The Balaban J connectivity index is 2.58. The SMILES string of the molecule is CCNC(C)c1cc(F)ccc1-n1nc(C)c(Br)c1C. The molecule has 5 heteroatoms. The molecule has 2 rings (SSSR count). The third kappa shape index (κ3) is 2.79. The van der Waals surface area contributed by atoms with E-state index in [9.17, 15) is 4.39 Å². The van der Waals surface area contributed by atoms with Crippen LogP contribution in [-0.2, 0) is 0 Å². The summed E-state index contributed by atoms with van der Waals surface area (Å²) in [6.45, 7) is 8.84. The molecule has 1 aromatic carbocycles. The van der Waals surface area contributed by atoms with E-state index in [1.807, 2.05) is 32.4 Å². The Morgan fingerprint density at radius 3 is 2.65 bits per heavy atom. The Morgan fingerprint density at radius 1 is 1.40 bits per heavy atom. The molecule has 2 aromatic rings. The van der Waals surface area contributed by atoms with Gasteiger partial charge in [-0.3, -0.25) is 0 Å². The number of halogens is 2. The van der Waals surface area contributed by atoms with Crippen molar-refractivity contribution in [3.05, 3.63) is 45.4 Å². The fourth-order valence-corrected chi connectivity index (χ4v) is 2.59. The highest BCUT2D eigenvalue weighted by Crippen LogP contribution is 2.27. The molecule has 1 unspecified atom stereocenters. The Labute approximate surface area is 127 Å². The Morgan fingerprint density at radius 2 is 2.10 bits per heavy atom. The van der Waals surface area contributed by atoms with Crippen molar-refractivity contribution in [2.24, 2.45) is 0 Å². The average Bonchev–Trinajstić information content (AvgIpc) is 2.67. The molecule has 0 aliphatic rings. The summed E-state index contributed by atoms with van der Waals surface area (Å²) >= 11 is 3.53. The van der Waals surface area contributed by atoms with Gasteiger partial charge in [0.25, 0.3) is 0 Å². The van der Waals surface area contributed by atoms with Crippen LogP contribution in [0, 0.1) is 19.7 Å². The standard InChI is InChI=1S/C15H19BrFN3/c1-5-18-9(2)13-8-12(17)6-7-14(13)20-11(4)15(16)10(3)19-20/h6-9,18H,5H2,1-4H3. The number of nitrogens with one attached hydrogen (secondary N) is 1. The fraction of sp³-hybridized carbons (Fsp3) is 0.400. The number of aromatic nitrogens is 2. The molecular weight excluding hydrogens is 321 g/mol. The first-order valence-corrected chi connectivity index (χ1v) is 7.50. The molecule has 0 amide bonds. The van der Waals surface area contributed by atoms with Gasteiger partial charge < -0.3 is 5.32 Å². The van der Waals surface area contributed by atoms with Gasteiger partial charge in [0.2, 0.25) is 0 Å². The lowest BCUT2D eigenvalue weighted by molar-refractivity contribution is 0.577. The highest BCUT2D eigenvalue weighted by Gasteiger charge is 2.17. The predicted molar refractivity (Wildman–Crippen MR) is 82.8 cm³/mol. The third-order valence-corrected chi connectivity index (χ3v) is 4.55. The maximum Gasteiger partial charge on any atom is 0.123 e. The van der Waals surface area contributed by atoms with Gasteiger partial charge in [0.05, 0.1) is 21.5 Å². The first-order valence-electron chi connectivity index (χ1n) is 6.70. The zero-order valence-electron chi connectivity index (χ0n) is 12.2. The molecule has 0 saturated carbocycles. The van der Waals surface area contributed by atoms with Crippen molar-refractivity contribution in [3.63, 3.8) is 0 Å². The van der Waals surface area contributed by atoms with Crippen molar-refractivity contribution in [3.8, 4) is 5.69 Å². The van der Waals surface area contributed by atoms with Gasteiger partial charge in [-0.05, 0) is 67.0 Å².